The second-order valence-electron chi connectivity index (χ2n) is 5.63. The van der Waals surface area contributed by atoms with Crippen molar-refractivity contribution in [2.75, 3.05) is 21.6 Å². The SMILES string of the molecule is CCSc1ccccc1NC(=O)[C@H](C)N(c1cccc(F)c1)S(C)(=O)=O. The largest absolute Gasteiger partial charge is 0.323 e. The molecule has 2 aromatic rings. The summed E-state index contributed by atoms with van der Waals surface area (Å²) >= 11 is 1.57. The number of hydrogen-bond acceptors (Lipinski definition) is 4. The fourth-order valence-corrected chi connectivity index (χ4v) is 4.44. The molecule has 0 heterocycles. The maximum Gasteiger partial charge on any atom is 0.248 e. The number of para-hydroxylation sites is 1. The van der Waals surface area contributed by atoms with Crippen LogP contribution < -0.4 is 9.62 Å². The van der Waals surface area contributed by atoms with Crippen molar-refractivity contribution in [3.05, 3.63) is 54.3 Å². The van der Waals surface area contributed by atoms with Crippen LogP contribution >= 0.6 is 11.8 Å². The minimum atomic E-state index is -3.79. The van der Waals surface area contributed by atoms with E-state index in [0.717, 1.165) is 27.3 Å². The fourth-order valence-electron chi connectivity index (χ4n) is 2.51. The normalized spacial score (nSPS) is 12.5. The van der Waals surface area contributed by atoms with Gasteiger partial charge in [0.25, 0.3) is 0 Å². The molecule has 1 amide bonds. The molecule has 8 heteroatoms. The molecule has 0 spiro atoms. The van der Waals surface area contributed by atoms with Crippen molar-refractivity contribution in [1.82, 2.24) is 0 Å². The van der Waals surface area contributed by atoms with Gasteiger partial charge in [0.05, 0.1) is 17.6 Å². The maximum absolute atomic E-state index is 13.5. The Hall–Kier alpha value is -2.06. The Balaban J connectivity index is 2.32. The van der Waals surface area contributed by atoms with Gasteiger partial charge in [-0.2, -0.15) is 0 Å². The summed E-state index contributed by atoms with van der Waals surface area (Å²) in [4.78, 5) is 13.6. The number of thioether (sulfide) groups is 1. The number of nitrogens with zero attached hydrogens (tertiary/aromatic N) is 1. The van der Waals surface area contributed by atoms with Gasteiger partial charge >= 0.3 is 0 Å². The molecule has 2 rings (SSSR count). The Morgan fingerprint density at radius 1 is 1.23 bits per heavy atom. The second kappa shape index (κ2) is 8.55. The van der Waals surface area contributed by atoms with Crippen molar-refractivity contribution in [2.45, 2.75) is 24.8 Å². The summed E-state index contributed by atoms with van der Waals surface area (Å²) in [7, 11) is -3.79. The number of nitrogens with one attached hydrogen (secondary N) is 1. The summed E-state index contributed by atoms with van der Waals surface area (Å²) in [6, 6.07) is 11.4. The Kier molecular flexibility index (Phi) is 6.66. The molecule has 0 unspecified atom stereocenters. The lowest BCUT2D eigenvalue weighted by Gasteiger charge is -2.28. The van der Waals surface area contributed by atoms with E-state index >= 15 is 0 Å². The molecule has 26 heavy (non-hydrogen) atoms. The minimum Gasteiger partial charge on any atom is -0.323 e. The number of anilines is 2. The average molecular weight is 397 g/mol. The van der Waals surface area contributed by atoms with E-state index in [1.807, 2.05) is 19.1 Å². The van der Waals surface area contributed by atoms with Gasteiger partial charge in [-0.05, 0) is 43.0 Å². The Bertz CT molecular complexity index is 888. The van der Waals surface area contributed by atoms with Gasteiger partial charge in [0.15, 0.2) is 0 Å². The summed E-state index contributed by atoms with van der Waals surface area (Å²) in [5.41, 5.74) is 0.718. The molecule has 1 atom stereocenters. The molecule has 0 aliphatic heterocycles. The predicted molar refractivity (Wildman–Crippen MR) is 105 cm³/mol. The second-order valence-corrected chi connectivity index (χ2v) is 8.80. The zero-order valence-electron chi connectivity index (χ0n) is 14.8. The topological polar surface area (TPSA) is 66.5 Å². The van der Waals surface area contributed by atoms with E-state index in [2.05, 4.69) is 5.32 Å². The molecule has 0 aliphatic carbocycles. The molecular weight excluding hydrogens is 375 g/mol. The number of halogens is 1. The Labute approximate surface area is 157 Å². The standard InChI is InChI=1S/C18H21FN2O3S2/c1-4-25-17-11-6-5-10-16(17)20-18(22)13(2)21(26(3,23)24)15-9-7-8-14(19)12-15/h5-13H,4H2,1-3H3,(H,20,22)/t13-/m0/s1. The zero-order valence-corrected chi connectivity index (χ0v) is 16.4. The maximum atomic E-state index is 13.5. The van der Waals surface area contributed by atoms with Crippen LogP contribution in [-0.4, -0.2) is 32.4 Å². The lowest BCUT2D eigenvalue weighted by Crippen LogP contribution is -2.45. The summed E-state index contributed by atoms with van der Waals surface area (Å²) < 4.78 is 38.9. The molecular formula is C18H21FN2O3S2. The highest BCUT2D eigenvalue weighted by Crippen LogP contribution is 2.28. The predicted octanol–water partition coefficient (Wildman–Crippen LogP) is 3.73. The number of amides is 1. The molecule has 0 saturated heterocycles. The number of benzene rings is 2. The third-order valence-electron chi connectivity index (χ3n) is 3.60. The van der Waals surface area contributed by atoms with Crippen LogP contribution in [0.3, 0.4) is 0 Å². The van der Waals surface area contributed by atoms with Crippen molar-refractivity contribution in [3.8, 4) is 0 Å². The number of carbonyl (C=O) groups excluding carboxylic acids is 1. The van der Waals surface area contributed by atoms with E-state index in [1.165, 1.54) is 25.1 Å². The molecule has 0 radical (unpaired) electrons. The van der Waals surface area contributed by atoms with Crippen molar-refractivity contribution >= 4 is 39.1 Å². The average Bonchev–Trinajstić information content (AvgIpc) is 2.55. The molecule has 5 nitrogen and oxygen atoms in total. The summed E-state index contributed by atoms with van der Waals surface area (Å²) in [5.74, 6) is -0.237. The van der Waals surface area contributed by atoms with Crippen LogP contribution in [0, 0.1) is 5.82 Å². The van der Waals surface area contributed by atoms with Gasteiger partial charge < -0.3 is 5.32 Å². The minimum absolute atomic E-state index is 0.103. The van der Waals surface area contributed by atoms with Gasteiger partial charge in [-0.25, -0.2) is 12.8 Å². The molecule has 0 fully saturated rings. The van der Waals surface area contributed by atoms with Gasteiger partial charge in [0.2, 0.25) is 15.9 Å². The van der Waals surface area contributed by atoms with E-state index in [4.69, 9.17) is 0 Å². The van der Waals surface area contributed by atoms with E-state index in [9.17, 15) is 17.6 Å². The fraction of sp³-hybridized carbons (Fsp3) is 0.278. The van der Waals surface area contributed by atoms with E-state index < -0.39 is 27.8 Å². The quantitative estimate of drug-likeness (QED) is 0.724. The first kappa shape index (κ1) is 20.3. The van der Waals surface area contributed by atoms with Crippen molar-refractivity contribution in [2.24, 2.45) is 0 Å². The van der Waals surface area contributed by atoms with Gasteiger partial charge in [-0.1, -0.05) is 25.1 Å². The van der Waals surface area contributed by atoms with Crippen molar-refractivity contribution < 1.29 is 17.6 Å². The summed E-state index contributed by atoms with van der Waals surface area (Å²) in [5, 5.41) is 2.77. The van der Waals surface area contributed by atoms with E-state index in [1.54, 1.807) is 23.9 Å². The van der Waals surface area contributed by atoms with E-state index in [0.29, 0.717) is 5.69 Å². The van der Waals surface area contributed by atoms with Crippen LogP contribution in [0.25, 0.3) is 0 Å². The molecule has 0 aliphatic rings. The van der Waals surface area contributed by atoms with Crippen LogP contribution in [0.5, 0.6) is 0 Å². The van der Waals surface area contributed by atoms with Crippen LogP contribution in [0.2, 0.25) is 0 Å². The van der Waals surface area contributed by atoms with Gasteiger partial charge in [-0.3, -0.25) is 9.10 Å². The first-order valence-electron chi connectivity index (χ1n) is 8.01. The highest BCUT2D eigenvalue weighted by atomic mass is 32.2. The Morgan fingerprint density at radius 3 is 2.54 bits per heavy atom. The highest BCUT2D eigenvalue weighted by molar-refractivity contribution is 7.99. The third kappa shape index (κ3) is 4.98. The van der Waals surface area contributed by atoms with Gasteiger partial charge in [0.1, 0.15) is 11.9 Å². The third-order valence-corrected chi connectivity index (χ3v) is 5.79. The first-order valence-corrected chi connectivity index (χ1v) is 10.8. The van der Waals surface area contributed by atoms with Crippen LogP contribution in [0.15, 0.2) is 53.4 Å². The smallest absolute Gasteiger partial charge is 0.248 e. The number of sulfonamides is 1. The molecule has 2 aromatic carbocycles. The summed E-state index contributed by atoms with van der Waals surface area (Å²) in [6.45, 7) is 3.47. The van der Waals surface area contributed by atoms with Crippen molar-refractivity contribution in [3.63, 3.8) is 0 Å². The number of hydrogen-bond donors (Lipinski definition) is 1. The molecule has 0 saturated carbocycles. The van der Waals surface area contributed by atoms with Gasteiger partial charge in [0, 0.05) is 4.90 Å². The lowest BCUT2D eigenvalue weighted by atomic mass is 10.2. The monoisotopic (exact) mass is 396 g/mol. The molecule has 1 N–H and O–H groups in total. The highest BCUT2D eigenvalue weighted by Gasteiger charge is 2.29. The van der Waals surface area contributed by atoms with Crippen LogP contribution in [-0.2, 0) is 14.8 Å². The lowest BCUT2D eigenvalue weighted by molar-refractivity contribution is -0.116. The van der Waals surface area contributed by atoms with E-state index in [-0.39, 0.29) is 5.69 Å². The Morgan fingerprint density at radius 2 is 1.92 bits per heavy atom. The number of carbonyl (C=O) groups is 1. The van der Waals surface area contributed by atoms with Crippen LogP contribution in [0.1, 0.15) is 13.8 Å². The van der Waals surface area contributed by atoms with Crippen LogP contribution in [0.4, 0.5) is 15.8 Å². The summed E-state index contributed by atoms with van der Waals surface area (Å²) in [6.07, 6.45) is 0.989. The molecule has 0 aromatic heterocycles. The molecule has 0 bridgehead atoms. The first-order chi connectivity index (χ1) is 12.2. The molecule has 140 valence electrons. The van der Waals surface area contributed by atoms with Gasteiger partial charge in [-0.15, -0.1) is 11.8 Å². The zero-order chi connectivity index (χ0) is 19.3. The number of rotatable bonds is 7. The van der Waals surface area contributed by atoms with Crippen molar-refractivity contribution in [1.29, 1.82) is 0 Å².